The molecule has 0 amide bonds. The summed E-state index contributed by atoms with van der Waals surface area (Å²) in [6.07, 6.45) is 0. The summed E-state index contributed by atoms with van der Waals surface area (Å²) < 4.78 is 5.20. The molecule has 0 unspecified atom stereocenters. The summed E-state index contributed by atoms with van der Waals surface area (Å²) in [7, 11) is 0. The molecule has 340 valence electrons. The van der Waals surface area contributed by atoms with Crippen LogP contribution in [0.15, 0.2) is 188 Å². The highest BCUT2D eigenvalue weighted by atomic mass is 15.2. The van der Waals surface area contributed by atoms with E-state index in [1.165, 1.54) is 127 Å². The first-order valence-electron chi connectivity index (χ1n) is 25.1. The van der Waals surface area contributed by atoms with Crippen LogP contribution in [0.25, 0.3) is 82.7 Å². The van der Waals surface area contributed by atoms with E-state index in [0.717, 1.165) is 0 Å². The van der Waals surface area contributed by atoms with E-state index in [9.17, 15) is 0 Å². The Morgan fingerprint density at radius 3 is 1.74 bits per heavy atom. The standard InChI is InChI=1S/C66H58BN3/c1-64(2,3)44-30-32-48(33-31-44)69-58-40-46(66(7,8)9)37-52-53-38-45(65(4,5)6)39-54-59(43-29-35-57-51(36-43)50-26-18-19-27-56(50)68(57)47-23-14-11-15-24-47)61(42-21-12-10-13-22-42)70(62(53)54)67(60(52)58)55-34-28-41-20-16-17-25-49(41)63(55)69/h10-40H,1-9H3. The molecule has 0 atom stereocenters. The van der Waals surface area contributed by atoms with Crippen LogP contribution in [0.4, 0.5) is 17.1 Å². The lowest BCUT2D eigenvalue weighted by Gasteiger charge is -2.42. The molecule has 0 spiro atoms. The lowest BCUT2D eigenvalue weighted by Crippen LogP contribution is -2.57. The third kappa shape index (κ3) is 6.28. The lowest BCUT2D eigenvalue weighted by molar-refractivity contribution is 0.589. The van der Waals surface area contributed by atoms with Crippen LogP contribution in [0.2, 0.25) is 0 Å². The largest absolute Gasteiger partial charge is 0.375 e. The average Bonchev–Trinajstić information content (AvgIpc) is 3.88. The number of para-hydroxylation sites is 2. The number of benzene rings is 9. The van der Waals surface area contributed by atoms with Gasteiger partial charge in [0, 0.05) is 60.9 Å². The van der Waals surface area contributed by atoms with E-state index in [-0.39, 0.29) is 23.1 Å². The van der Waals surface area contributed by atoms with Crippen LogP contribution in [0.1, 0.15) is 79.0 Å². The molecular formula is C66H58BN3. The van der Waals surface area contributed by atoms with Crippen LogP contribution in [0.3, 0.4) is 0 Å². The van der Waals surface area contributed by atoms with Gasteiger partial charge in [0.25, 0.3) is 0 Å². The van der Waals surface area contributed by atoms with Crippen LogP contribution in [0, 0.1) is 0 Å². The first kappa shape index (κ1) is 42.5. The van der Waals surface area contributed by atoms with Crippen LogP contribution in [-0.4, -0.2) is 15.9 Å². The predicted molar refractivity (Wildman–Crippen MR) is 301 cm³/mol. The molecule has 0 saturated carbocycles. The summed E-state index contributed by atoms with van der Waals surface area (Å²) in [5.41, 5.74) is 22.6. The minimum absolute atomic E-state index is 0.0325. The first-order chi connectivity index (χ1) is 33.6. The summed E-state index contributed by atoms with van der Waals surface area (Å²) in [4.78, 5) is 2.62. The highest BCUT2D eigenvalue weighted by Crippen LogP contribution is 2.53. The van der Waals surface area contributed by atoms with Crippen molar-refractivity contribution in [3.63, 3.8) is 0 Å². The SMILES string of the molecule is CC(C)(C)c1ccc(N2c3cc(C(C)(C)C)cc4c3B(c3ccc5ccccc5c32)n2c(-c3ccccc3)c(-c3ccc5c(c3)c3ccccc3n5-c3ccccc3)c3cc(C(C)(C)C)cc-4c32)cc1. The second kappa shape index (κ2) is 15.0. The van der Waals surface area contributed by atoms with Gasteiger partial charge in [0.1, 0.15) is 0 Å². The van der Waals surface area contributed by atoms with Gasteiger partial charge in [-0.2, -0.15) is 0 Å². The fraction of sp³-hybridized carbons (Fsp3) is 0.182. The molecule has 0 radical (unpaired) electrons. The summed E-state index contributed by atoms with van der Waals surface area (Å²) in [6.45, 7) is 21.0. The monoisotopic (exact) mass is 903 g/mol. The second-order valence-corrected chi connectivity index (χ2v) is 23.0. The van der Waals surface area contributed by atoms with Gasteiger partial charge in [-0.1, -0.05) is 190 Å². The summed E-state index contributed by atoms with van der Waals surface area (Å²) >= 11 is 0. The molecule has 13 rings (SSSR count). The van der Waals surface area contributed by atoms with Crippen molar-refractivity contribution in [2.24, 2.45) is 0 Å². The highest BCUT2D eigenvalue weighted by molar-refractivity contribution is 6.90. The maximum absolute atomic E-state index is 2.77. The number of hydrogen-bond donors (Lipinski definition) is 0. The van der Waals surface area contributed by atoms with Gasteiger partial charge in [0.05, 0.1) is 16.7 Å². The van der Waals surface area contributed by atoms with Crippen LogP contribution >= 0.6 is 0 Å². The molecule has 0 N–H and O–H groups in total. The van der Waals surface area contributed by atoms with Crippen molar-refractivity contribution < 1.29 is 0 Å². The van der Waals surface area contributed by atoms with Gasteiger partial charge in [0.2, 0.25) is 0 Å². The van der Waals surface area contributed by atoms with Crippen molar-refractivity contribution in [2.45, 2.75) is 78.6 Å². The Balaban J connectivity index is 1.20. The van der Waals surface area contributed by atoms with E-state index < -0.39 is 0 Å². The molecule has 0 fully saturated rings. The van der Waals surface area contributed by atoms with Crippen LogP contribution in [-0.2, 0) is 16.2 Å². The van der Waals surface area contributed by atoms with E-state index in [1.807, 2.05) is 0 Å². The molecule has 2 aliphatic rings. The molecule has 4 heterocycles. The number of aromatic nitrogens is 2. The van der Waals surface area contributed by atoms with Gasteiger partial charge in [-0.15, -0.1) is 0 Å². The molecule has 0 aliphatic carbocycles. The van der Waals surface area contributed by atoms with Crippen LogP contribution < -0.4 is 15.8 Å². The minimum Gasteiger partial charge on any atom is -0.375 e. The third-order valence-corrected chi connectivity index (χ3v) is 15.5. The fourth-order valence-electron chi connectivity index (χ4n) is 11.9. The fourth-order valence-corrected chi connectivity index (χ4v) is 11.9. The Hall–Kier alpha value is -7.56. The van der Waals surface area contributed by atoms with Gasteiger partial charge < -0.3 is 13.9 Å². The number of anilines is 3. The second-order valence-electron chi connectivity index (χ2n) is 23.0. The van der Waals surface area contributed by atoms with Crippen molar-refractivity contribution in [2.75, 3.05) is 4.90 Å². The highest BCUT2D eigenvalue weighted by Gasteiger charge is 2.45. The molecule has 0 bridgehead atoms. The van der Waals surface area contributed by atoms with Crippen LogP contribution in [0.5, 0.6) is 0 Å². The van der Waals surface area contributed by atoms with E-state index in [1.54, 1.807) is 0 Å². The average molecular weight is 904 g/mol. The molecule has 2 aromatic heterocycles. The van der Waals surface area contributed by atoms with E-state index in [0.29, 0.717) is 0 Å². The Morgan fingerprint density at radius 1 is 0.414 bits per heavy atom. The van der Waals surface area contributed by atoms with Crippen molar-refractivity contribution >= 4 is 78.3 Å². The quantitative estimate of drug-likeness (QED) is 0.160. The maximum atomic E-state index is 2.77. The maximum Gasteiger partial charge on any atom is 0.333 e. The number of rotatable bonds is 4. The zero-order chi connectivity index (χ0) is 48.0. The Kier molecular flexibility index (Phi) is 9.10. The molecule has 9 aromatic carbocycles. The van der Waals surface area contributed by atoms with Gasteiger partial charge in [-0.25, -0.2) is 0 Å². The molecule has 70 heavy (non-hydrogen) atoms. The van der Waals surface area contributed by atoms with E-state index in [2.05, 4.69) is 264 Å². The minimum atomic E-state index is -0.119. The summed E-state index contributed by atoms with van der Waals surface area (Å²) in [5.74, 6) is 0. The number of nitrogens with zero attached hydrogens (tertiary/aromatic N) is 3. The molecule has 0 saturated heterocycles. The number of hydrogen-bond acceptors (Lipinski definition) is 1. The van der Waals surface area contributed by atoms with Crippen molar-refractivity contribution in [1.82, 2.24) is 9.05 Å². The number of fused-ring (bicyclic) bond motifs is 9. The predicted octanol–water partition coefficient (Wildman–Crippen LogP) is 16.5. The molecule has 4 heteroatoms. The Bertz CT molecular complexity index is 3930. The van der Waals surface area contributed by atoms with E-state index in [4.69, 9.17) is 0 Å². The first-order valence-corrected chi connectivity index (χ1v) is 25.1. The van der Waals surface area contributed by atoms with Gasteiger partial charge in [-0.3, -0.25) is 0 Å². The molecule has 3 nitrogen and oxygen atoms in total. The van der Waals surface area contributed by atoms with Gasteiger partial charge in [-0.05, 0) is 127 Å². The van der Waals surface area contributed by atoms with Crippen molar-refractivity contribution in [3.8, 4) is 39.2 Å². The Morgan fingerprint density at radius 2 is 1.03 bits per heavy atom. The lowest BCUT2D eigenvalue weighted by atomic mass is 9.44. The summed E-state index contributed by atoms with van der Waals surface area (Å²) in [5, 5.41) is 6.30. The summed E-state index contributed by atoms with van der Waals surface area (Å²) in [6, 6.07) is 71.7. The zero-order valence-electron chi connectivity index (χ0n) is 41.8. The molecule has 2 aliphatic heterocycles. The van der Waals surface area contributed by atoms with E-state index >= 15 is 0 Å². The van der Waals surface area contributed by atoms with Gasteiger partial charge in [0.15, 0.2) is 0 Å². The molecule has 11 aromatic rings. The Labute approximate surface area is 412 Å². The third-order valence-electron chi connectivity index (χ3n) is 15.5. The topological polar surface area (TPSA) is 13.1 Å². The normalized spacial score (nSPS) is 13.4. The van der Waals surface area contributed by atoms with Crippen molar-refractivity contribution in [3.05, 3.63) is 205 Å². The zero-order valence-corrected chi connectivity index (χ0v) is 41.8. The molecular weight excluding hydrogens is 846 g/mol. The van der Waals surface area contributed by atoms with Gasteiger partial charge >= 0.3 is 6.85 Å². The van der Waals surface area contributed by atoms with Crippen molar-refractivity contribution in [1.29, 1.82) is 0 Å². The smallest absolute Gasteiger partial charge is 0.333 e.